The van der Waals surface area contributed by atoms with E-state index in [1.165, 1.54) is 33.9 Å². The van der Waals surface area contributed by atoms with E-state index in [1.54, 1.807) is 0 Å². The Labute approximate surface area is 207 Å². The predicted molar refractivity (Wildman–Crippen MR) is 142 cm³/mol. The number of aromatic nitrogens is 1. The Morgan fingerprint density at radius 2 is 1.36 bits per heavy atom. The number of allylic oxidation sites excluding steroid dienone is 4. The number of hydrogen-bond acceptors (Lipinski definition) is 1. The van der Waals surface area contributed by atoms with Gasteiger partial charge in [0.15, 0.2) is 0 Å². The molecular formula is C31H23F3N2. The van der Waals surface area contributed by atoms with Crippen LogP contribution < -0.4 is 5.32 Å². The number of anilines is 2. The smallest absolute Gasteiger partial charge is 0.356 e. The third-order valence-corrected chi connectivity index (χ3v) is 6.72. The van der Waals surface area contributed by atoms with E-state index in [4.69, 9.17) is 0 Å². The van der Waals surface area contributed by atoms with E-state index in [-0.39, 0.29) is 0 Å². The van der Waals surface area contributed by atoms with Crippen LogP contribution in [0.5, 0.6) is 0 Å². The van der Waals surface area contributed by atoms with Gasteiger partial charge in [-0.2, -0.15) is 13.2 Å². The zero-order valence-electron chi connectivity index (χ0n) is 19.3. The monoisotopic (exact) mass is 480 g/mol. The first-order valence-electron chi connectivity index (χ1n) is 11.9. The average Bonchev–Trinajstić information content (AvgIpc) is 3.23. The molecule has 4 aromatic carbocycles. The molecule has 6 rings (SSSR count). The molecule has 0 bridgehead atoms. The summed E-state index contributed by atoms with van der Waals surface area (Å²) >= 11 is 0. The summed E-state index contributed by atoms with van der Waals surface area (Å²) in [5.74, 6) is 0. The molecule has 1 atom stereocenters. The summed E-state index contributed by atoms with van der Waals surface area (Å²) in [5, 5.41) is 5.63. The van der Waals surface area contributed by atoms with Gasteiger partial charge in [0.1, 0.15) is 0 Å². The molecule has 1 N–H and O–H groups in total. The molecule has 0 aliphatic heterocycles. The van der Waals surface area contributed by atoms with E-state index >= 15 is 0 Å². The van der Waals surface area contributed by atoms with Crippen molar-refractivity contribution in [1.29, 1.82) is 0 Å². The first-order chi connectivity index (χ1) is 17.5. The first kappa shape index (κ1) is 22.2. The van der Waals surface area contributed by atoms with Gasteiger partial charge in [-0.05, 0) is 72.1 Å². The Morgan fingerprint density at radius 1 is 0.694 bits per heavy atom. The van der Waals surface area contributed by atoms with Crippen LogP contribution in [-0.2, 0) is 6.18 Å². The molecule has 1 aromatic heterocycles. The minimum absolute atomic E-state index is 0.291. The van der Waals surface area contributed by atoms with Crippen LogP contribution in [0.2, 0.25) is 0 Å². The van der Waals surface area contributed by atoms with E-state index in [2.05, 4.69) is 76.7 Å². The summed E-state index contributed by atoms with van der Waals surface area (Å²) in [6.45, 7) is 0. The van der Waals surface area contributed by atoms with Crippen LogP contribution in [0.25, 0.3) is 32.9 Å². The SMILES string of the molecule is FC(F)(F)c1ccc(Nc2ccc(-c3ccc4c(c3)c3ccccc3n4C3C=CC=CC3)cc2)cc1. The molecule has 5 aromatic rings. The minimum Gasteiger partial charge on any atom is -0.356 e. The molecule has 178 valence electrons. The van der Waals surface area contributed by atoms with Crippen molar-refractivity contribution < 1.29 is 13.2 Å². The minimum atomic E-state index is -4.34. The summed E-state index contributed by atoms with van der Waals surface area (Å²) < 4.78 is 40.8. The van der Waals surface area contributed by atoms with Gasteiger partial charge in [-0.1, -0.05) is 60.7 Å². The third kappa shape index (κ3) is 4.07. The molecular weight excluding hydrogens is 457 g/mol. The molecule has 0 radical (unpaired) electrons. The largest absolute Gasteiger partial charge is 0.416 e. The lowest BCUT2D eigenvalue weighted by atomic mass is 10.0. The Bertz CT molecular complexity index is 1600. The van der Waals surface area contributed by atoms with Crippen molar-refractivity contribution in [3.05, 3.63) is 121 Å². The summed E-state index contributed by atoms with van der Waals surface area (Å²) in [5.41, 5.74) is 5.40. The second-order valence-electron chi connectivity index (χ2n) is 9.01. The number of rotatable bonds is 4. The number of benzene rings is 4. The topological polar surface area (TPSA) is 17.0 Å². The first-order valence-corrected chi connectivity index (χ1v) is 11.9. The standard InChI is InChI=1S/C31H23F3N2/c32-31(33,34)23-13-17-25(18-14-23)35-24-15-10-21(11-16-24)22-12-19-30-28(20-22)27-8-4-5-9-29(27)36(30)26-6-2-1-3-7-26/h1-6,8-20,26,35H,7H2. The van der Waals surface area contributed by atoms with Crippen molar-refractivity contribution >= 4 is 33.2 Å². The number of fused-ring (bicyclic) bond motifs is 3. The Morgan fingerprint density at radius 3 is 2.06 bits per heavy atom. The Hall–Kier alpha value is -4.25. The highest BCUT2D eigenvalue weighted by Crippen LogP contribution is 2.37. The zero-order valence-corrected chi connectivity index (χ0v) is 19.3. The summed E-state index contributed by atoms with van der Waals surface area (Å²) in [4.78, 5) is 0. The molecule has 1 unspecified atom stereocenters. The highest BCUT2D eigenvalue weighted by Gasteiger charge is 2.29. The van der Waals surface area contributed by atoms with E-state index in [9.17, 15) is 13.2 Å². The zero-order chi connectivity index (χ0) is 24.7. The van der Waals surface area contributed by atoms with Crippen LogP contribution >= 0.6 is 0 Å². The Kier molecular flexibility index (Phi) is 5.41. The quantitative estimate of drug-likeness (QED) is 0.271. The lowest BCUT2D eigenvalue weighted by Gasteiger charge is -2.18. The lowest BCUT2D eigenvalue weighted by molar-refractivity contribution is -0.137. The van der Waals surface area contributed by atoms with Crippen LogP contribution in [0.15, 0.2) is 115 Å². The van der Waals surface area contributed by atoms with Gasteiger partial charge in [0.2, 0.25) is 0 Å². The van der Waals surface area contributed by atoms with Crippen molar-refractivity contribution in [2.24, 2.45) is 0 Å². The van der Waals surface area contributed by atoms with Crippen molar-refractivity contribution in [3.63, 3.8) is 0 Å². The van der Waals surface area contributed by atoms with Crippen LogP contribution in [0.4, 0.5) is 24.5 Å². The van der Waals surface area contributed by atoms with Gasteiger partial charge in [-0.3, -0.25) is 0 Å². The van der Waals surface area contributed by atoms with Gasteiger partial charge in [0, 0.05) is 33.2 Å². The summed E-state index contributed by atoms with van der Waals surface area (Å²) in [6, 6.07) is 28.4. The number of alkyl halides is 3. The lowest BCUT2D eigenvalue weighted by Crippen LogP contribution is -2.06. The average molecular weight is 481 g/mol. The van der Waals surface area contributed by atoms with Crippen molar-refractivity contribution in [2.75, 3.05) is 5.32 Å². The van der Waals surface area contributed by atoms with Crippen molar-refractivity contribution in [1.82, 2.24) is 4.57 Å². The summed E-state index contributed by atoms with van der Waals surface area (Å²) in [6.07, 6.45) is 5.31. The van der Waals surface area contributed by atoms with Gasteiger partial charge in [0.25, 0.3) is 0 Å². The maximum Gasteiger partial charge on any atom is 0.416 e. The van der Waals surface area contributed by atoms with Gasteiger partial charge in [0.05, 0.1) is 11.6 Å². The fraction of sp³-hybridized carbons (Fsp3) is 0.0968. The number of para-hydroxylation sites is 1. The number of nitrogens with one attached hydrogen (secondary N) is 1. The van der Waals surface area contributed by atoms with Gasteiger partial charge >= 0.3 is 6.18 Å². The number of halogens is 3. The van der Waals surface area contributed by atoms with Gasteiger partial charge in [-0.25, -0.2) is 0 Å². The third-order valence-electron chi connectivity index (χ3n) is 6.72. The van der Waals surface area contributed by atoms with Crippen molar-refractivity contribution in [2.45, 2.75) is 18.6 Å². The number of hydrogen-bond donors (Lipinski definition) is 1. The maximum atomic E-state index is 12.8. The van der Waals surface area contributed by atoms with Gasteiger partial charge in [-0.15, -0.1) is 0 Å². The van der Waals surface area contributed by atoms with Crippen LogP contribution in [0.1, 0.15) is 18.0 Å². The Balaban J connectivity index is 1.31. The fourth-order valence-electron chi connectivity index (χ4n) is 4.95. The molecule has 0 spiro atoms. The molecule has 0 amide bonds. The highest BCUT2D eigenvalue weighted by molar-refractivity contribution is 6.09. The molecule has 1 heterocycles. The van der Waals surface area contributed by atoms with E-state index in [0.717, 1.165) is 35.4 Å². The van der Waals surface area contributed by atoms with E-state index in [1.807, 2.05) is 24.3 Å². The molecule has 2 nitrogen and oxygen atoms in total. The molecule has 0 fully saturated rings. The van der Waals surface area contributed by atoms with Crippen LogP contribution in [0.3, 0.4) is 0 Å². The molecule has 5 heteroatoms. The van der Waals surface area contributed by atoms with Crippen molar-refractivity contribution in [3.8, 4) is 11.1 Å². The second-order valence-corrected chi connectivity index (χ2v) is 9.01. The van der Waals surface area contributed by atoms with E-state index in [0.29, 0.717) is 11.7 Å². The second kappa shape index (κ2) is 8.76. The molecule has 0 saturated heterocycles. The number of nitrogens with zero attached hydrogens (tertiary/aromatic N) is 1. The fourth-order valence-corrected chi connectivity index (χ4v) is 4.95. The predicted octanol–water partition coefficient (Wildman–Crippen LogP) is 9.28. The molecule has 1 aliphatic carbocycles. The van der Waals surface area contributed by atoms with E-state index < -0.39 is 11.7 Å². The molecule has 0 saturated carbocycles. The summed E-state index contributed by atoms with van der Waals surface area (Å²) in [7, 11) is 0. The van der Waals surface area contributed by atoms with Gasteiger partial charge < -0.3 is 9.88 Å². The molecule has 1 aliphatic rings. The van der Waals surface area contributed by atoms with Crippen LogP contribution in [0, 0.1) is 0 Å². The normalized spacial score (nSPS) is 15.6. The van der Waals surface area contributed by atoms with Crippen LogP contribution in [-0.4, -0.2) is 4.57 Å². The highest BCUT2D eigenvalue weighted by atomic mass is 19.4. The molecule has 36 heavy (non-hydrogen) atoms. The maximum absolute atomic E-state index is 12.8.